The average molecular weight is 330 g/mol. The lowest BCUT2D eigenvalue weighted by atomic mass is 10.3. The molecule has 1 aromatic heterocycles. The first-order valence-corrected chi connectivity index (χ1v) is 6.91. The quantitative estimate of drug-likeness (QED) is 0.690. The Morgan fingerprint density at radius 2 is 2.06 bits per heavy atom. The molecule has 7 heteroatoms. The van der Waals surface area contributed by atoms with Crippen LogP contribution in [0.5, 0.6) is 11.6 Å². The summed E-state index contributed by atoms with van der Waals surface area (Å²) in [5, 5.41) is 0.500. The molecule has 0 aliphatic rings. The minimum Gasteiger partial charge on any atom is -0.439 e. The summed E-state index contributed by atoms with van der Waals surface area (Å²) in [6, 6.07) is 5.73. The molecular formula is C11H9BrFN3OS. The summed E-state index contributed by atoms with van der Waals surface area (Å²) in [6.07, 6.45) is 1.83. The highest BCUT2D eigenvalue weighted by molar-refractivity contribution is 9.10. The van der Waals surface area contributed by atoms with Crippen LogP contribution in [0.2, 0.25) is 0 Å². The highest BCUT2D eigenvalue weighted by atomic mass is 79.9. The van der Waals surface area contributed by atoms with E-state index in [1.165, 1.54) is 30.0 Å². The van der Waals surface area contributed by atoms with Gasteiger partial charge in [-0.2, -0.15) is 4.98 Å². The first-order chi connectivity index (χ1) is 8.56. The van der Waals surface area contributed by atoms with E-state index in [2.05, 4.69) is 25.9 Å². The fourth-order valence-corrected chi connectivity index (χ4v) is 2.09. The van der Waals surface area contributed by atoms with Gasteiger partial charge in [0.2, 0.25) is 5.88 Å². The smallest absolute Gasteiger partial charge is 0.225 e. The summed E-state index contributed by atoms with van der Waals surface area (Å²) in [6.45, 7) is 0. The predicted octanol–water partition coefficient (Wildman–Crippen LogP) is 3.47. The zero-order chi connectivity index (χ0) is 13.1. The number of nitrogens with two attached hydrogens (primary N) is 1. The summed E-state index contributed by atoms with van der Waals surface area (Å²) >= 11 is 4.54. The second-order valence-electron chi connectivity index (χ2n) is 3.32. The topological polar surface area (TPSA) is 61.0 Å². The van der Waals surface area contributed by atoms with E-state index in [0.717, 1.165) is 0 Å². The molecule has 2 N–H and O–H groups in total. The van der Waals surface area contributed by atoms with Gasteiger partial charge in [-0.05, 0) is 18.4 Å². The Morgan fingerprint density at radius 1 is 1.28 bits per heavy atom. The molecule has 0 unspecified atom stereocenters. The number of hydrogen-bond donors (Lipinski definition) is 1. The van der Waals surface area contributed by atoms with E-state index in [1.807, 2.05) is 6.26 Å². The fourth-order valence-electron chi connectivity index (χ4n) is 1.27. The summed E-state index contributed by atoms with van der Waals surface area (Å²) in [7, 11) is 0. The second-order valence-corrected chi connectivity index (χ2v) is 5.01. The minimum absolute atomic E-state index is 0.282. The Morgan fingerprint density at radius 3 is 2.72 bits per heavy atom. The maximum atomic E-state index is 13.2. The van der Waals surface area contributed by atoms with Gasteiger partial charge in [0.1, 0.15) is 17.4 Å². The van der Waals surface area contributed by atoms with Crippen LogP contribution in [0.1, 0.15) is 0 Å². The van der Waals surface area contributed by atoms with Gasteiger partial charge in [-0.25, -0.2) is 9.37 Å². The minimum atomic E-state index is -0.397. The molecule has 0 fully saturated rings. The highest BCUT2D eigenvalue weighted by Crippen LogP contribution is 2.26. The number of nitrogens with zero attached hydrogens (tertiary/aromatic N) is 2. The van der Waals surface area contributed by atoms with Crippen LogP contribution in [0.4, 0.5) is 10.2 Å². The van der Waals surface area contributed by atoms with E-state index >= 15 is 0 Å². The Hall–Kier alpha value is -1.34. The van der Waals surface area contributed by atoms with Crippen molar-refractivity contribution in [3.63, 3.8) is 0 Å². The van der Waals surface area contributed by atoms with E-state index in [1.54, 1.807) is 6.07 Å². The first-order valence-electron chi connectivity index (χ1n) is 4.89. The lowest BCUT2D eigenvalue weighted by molar-refractivity contribution is 0.451. The maximum absolute atomic E-state index is 13.2. The monoisotopic (exact) mass is 329 g/mol. The fraction of sp³-hybridized carbons (Fsp3) is 0.0909. The summed E-state index contributed by atoms with van der Waals surface area (Å²) < 4.78 is 19.2. The third-order valence-electron chi connectivity index (χ3n) is 1.94. The van der Waals surface area contributed by atoms with Crippen molar-refractivity contribution in [2.45, 2.75) is 5.16 Å². The predicted molar refractivity (Wildman–Crippen MR) is 72.4 cm³/mol. The molecule has 0 amide bonds. The largest absolute Gasteiger partial charge is 0.439 e. The number of anilines is 1. The number of rotatable bonds is 3. The van der Waals surface area contributed by atoms with Crippen molar-refractivity contribution in [2.75, 3.05) is 12.0 Å². The molecule has 18 heavy (non-hydrogen) atoms. The number of benzene rings is 1. The number of hydrogen-bond acceptors (Lipinski definition) is 5. The van der Waals surface area contributed by atoms with E-state index in [4.69, 9.17) is 10.5 Å². The van der Waals surface area contributed by atoms with E-state index in [0.29, 0.717) is 21.2 Å². The molecule has 0 radical (unpaired) electrons. The van der Waals surface area contributed by atoms with Crippen molar-refractivity contribution < 1.29 is 9.13 Å². The van der Waals surface area contributed by atoms with Crippen LogP contribution in [0.15, 0.2) is 33.9 Å². The van der Waals surface area contributed by atoms with Crippen molar-refractivity contribution in [2.24, 2.45) is 0 Å². The van der Waals surface area contributed by atoms with Crippen molar-refractivity contribution in [3.05, 3.63) is 34.6 Å². The number of ether oxygens (including phenoxy) is 1. The van der Waals surface area contributed by atoms with Gasteiger partial charge in [-0.3, -0.25) is 0 Å². The molecule has 0 atom stereocenters. The zero-order valence-electron chi connectivity index (χ0n) is 9.35. The molecule has 94 valence electrons. The molecule has 1 heterocycles. The maximum Gasteiger partial charge on any atom is 0.225 e. The van der Waals surface area contributed by atoms with E-state index in [9.17, 15) is 4.39 Å². The lowest BCUT2D eigenvalue weighted by Crippen LogP contribution is -1.97. The van der Waals surface area contributed by atoms with Gasteiger partial charge in [-0.1, -0.05) is 27.7 Å². The third kappa shape index (κ3) is 3.33. The summed E-state index contributed by atoms with van der Waals surface area (Å²) in [5.41, 5.74) is 5.62. The van der Waals surface area contributed by atoms with Crippen molar-refractivity contribution in [1.82, 2.24) is 9.97 Å². The van der Waals surface area contributed by atoms with Crippen LogP contribution in [0.3, 0.4) is 0 Å². The van der Waals surface area contributed by atoms with Gasteiger partial charge in [0.05, 0.1) is 0 Å². The van der Waals surface area contributed by atoms with Crippen LogP contribution in [0, 0.1) is 5.82 Å². The Bertz CT molecular complexity index is 562. The van der Waals surface area contributed by atoms with Crippen LogP contribution in [0.25, 0.3) is 0 Å². The molecule has 2 aromatic rings. The van der Waals surface area contributed by atoms with Crippen LogP contribution >= 0.6 is 27.7 Å². The SMILES string of the molecule is CSc1nc(N)cc(Oc2cc(F)cc(Br)c2)n1. The standard InChI is InChI=1S/C11H9BrFN3OS/c1-18-11-15-9(14)5-10(16-11)17-8-3-6(12)2-7(13)4-8/h2-5H,1H3,(H2,14,15,16). The molecule has 2 rings (SSSR count). The van der Waals surface area contributed by atoms with Crippen molar-refractivity contribution in [1.29, 1.82) is 0 Å². The Labute approximate surface area is 116 Å². The second kappa shape index (κ2) is 5.53. The van der Waals surface area contributed by atoms with Crippen molar-refractivity contribution in [3.8, 4) is 11.6 Å². The van der Waals surface area contributed by atoms with Gasteiger partial charge >= 0.3 is 0 Å². The molecular weight excluding hydrogens is 321 g/mol. The normalized spacial score (nSPS) is 10.4. The number of nitrogen functional groups attached to an aromatic ring is 1. The van der Waals surface area contributed by atoms with E-state index in [-0.39, 0.29) is 5.88 Å². The van der Waals surface area contributed by atoms with Crippen LogP contribution < -0.4 is 10.5 Å². The molecule has 4 nitrogen and oxygen atoms in total. The highest BCUT2D eigenvalue weighted by Gasteiger charge is 2.06. The molecule has 0 spiro atoms. The molecule has 0 aliphatic carbocycles. The van der Waals surface area contributed by atoms with Gasteiger partial charge in [0.15, 0.2) is 5.16 Å². The summed E-state index contributed by atoms with van der Waals surface area (Å²) in [4.78, 5) is 8.11. The van der Waals surface area contributed by atoms with Crippen LogP contribution in [-0.4, -0.2) is 16.2 Å². The Balaban J connectivity index is 2.30. The Kier molecular flexibility index (Phi) is 4.03. The van der Waals surface area contributed by atoms with Gasteiger partial charge in [-0.15, -0.1) is 0 Å². The van der Waals surface area contributed by atoms with Crippen molar-refractivity contribution >= 4 is 33.5 Å². The zero-order valence-corrected chi connectivity index (χ0v) is 11.8. The number of thioether (sulfide) groups is 1. The summed E-state index contributed by atoms with van der Waals surface area (Å²) in [5.74, 6) is 0.530. The lowest BCUT2D eigenvalue weighted by Gasteiger charge is -2.07. The third-order valence-corrected chi connectivity index (χ3v) is 2.95. The van der Waals surface area contributed by atoms with E-state index < -0.39 is 5.82 Å². The molecule has 1 aromatic carbocycles. The molecule has 0 bridgehead atoms. The van der Waals surface area contributed by atoms with Gasteiger partial charge in [0.25, 0.3) is 0 Å². The average Bonchev–Trinajstić information content (AvgIpc) is 2.26. The number of aromatic nitrogens is 2. The number of halogens is 2. The van der Waals surface area contributed by atoms with Gasteiger partial charge in [0, 0.05) is 16.6 Å². The molecule has 0 aliphatic heterocycles. The van der Waals surface area contributed by atoms with Gasteiger partial charge < -0.3 is 10.5 Å². The molecule has 0 saturated heterocycles. The first kappa shape index (κ1) is 13.1. The van der Waals surface area contributed by atoms with Crippen LogP contribution in [-0.2, 0) is 0 Å². The molecule has 0 saturated carbocycles.